The van der Waals surface area contributed by atoms with Crippen molar-refractivity contribution in [3.8, 4) is 0 Å². The predicted molar refractivity (Wildman–Crippen MR) is 65.2 cm³/mol. The van der Waals surface area contributed by atoms with Gasteiger partial charge in [0.1, 0.15) is 0 Å². The molecule has 0 saturated carbocycles. The van der Waals surface area contributed by atoms with Crippen molar-refractivity contribution >= 4 is 16.0 Å². The summed E-state index contributed by atoms with van der Waals surface area (Å²) in [6.45, 7) is 1.28. The molecule has 1 aliphatic heterocycles. The molecule has 1 saturated heterocycles. The number of hydrogen-bond acceptors (Lipinski definition) is 6. The van der Waals surface area contributed by atoms with Crippen LogP contribution in [0.25, 0.3) is 0 Å². The number of carbonyl (C=O) groups is 1. The van der Waals surface area contributed by atoms with Crippen LogP contribution in [-0.2, 0) is 19.5 Å². The molecule has 0 amide bonds. The van der Waals surface area contributed by atoms with Gasteiger partial charge in [-0.3, -0.25) is 0 Å². The van der Waals surface area contributed by atoms with E-state index in [0.29, 0.717) is 13.2 Å². The van der Waals surface area contributed by atoms with E-state index >= 15 is 0 Å². The van der Waals surface area contributed by atoms with Crippen molar-refractivity contribution in [2.45, 2.75) is 5.03 Å². The van der Waals surface area contributed by atoms with Gasteiger partial charge in [-0.1, -0.05) is 0 Å². The number of ether oxygens (including phenoxy) is 2. The molecule has 1 aliphatic rings. The van der Waals surface area contributed by atoms with Crippen LogP contribution in [0.4, 0.5) is 0 Å². The van der Waals surface area contributed by atoms with E-state index in [1.807, 2.05) is 0 Å². The number of carbonyl (C=O) groups excluding carboxylic acids is 1. The third kappa shape index (κ3) is 2.91. The highest BCUT2D eigenvalue weighted by Crippen LogP contribution is 2.16. The second-order valence-electron chi connectivity index (χ2n) is 3.89. The van der Waals surface area contributed by atoms with Gasteiger partial charge in [-0.25, -0.2) is 18.2 Å². The van der Waals surface area contributed by atoms with Crippen molar-refractivity contribution in [2.24, 2.45) is 0 Å². The van der Waals surface area contributed by atoms with Gasteiger partial charge in [-0.2, -0.15) is 4.31 Å². The summed E-state index contributed by atoms with van der Waals surface area (Å²) in [7, 11) is -2.46. The van der Waals surface area contributed by atoms with Gasteiger partial charge in [-0.15, -0.1) is 0 Å². The molecule has 0 N–H and O–H groups in total. The average molecular weight is 286 g/mol. The molecule has 7 nitrogen and oxygen atoms in total. The number of morpholine rings is 1. The van der Waals surface area contributed by atoms with Crippen molar-refractivity contribution in [3.63, 3.8) is 0 Å². The zero-order valence-electron chi connectivity index (χ0n) is 10.4. The smallest absolute Gasteiger partial charge is 0.338 e. The molecule has 0 unspecified atom stereocenters. The molecule has 2 heterocycles. The van der Waals surface area contributed by atoms with Crippen LogP contribution in [0.3, 0.4) is 0 Å². The average Bonchev–Trinajstić information content (AvgIpc) is 2.47. The summed E-state index contributed by atoms with van der Waals surface area (Å²) in [5.41, 5.74) is 0.157. The molecule has 0 aliphatic carbocycles. The topological polar surface area (TPSA) is 85.8 Å². The van der Waals surface area contributed by atoms with Gasteiger partial charge in [0.05, 0.1) is 25.9 Å². The fraction of sp³-hybridized carbons (Fsp3) is 0.455. The first-order chi connectivity index (χ1) is 9.05. The lowest BCUT2D eigenvalue weighted by Gasteiger charge is -2.25. The first kappa shape index (κ1) is 13.9. The van der Waals surface area contributed by atoms with Crippen LogP contribution in [-0.4, -0.2) is 57.1 Å². The standard InChI is InChI=1S/C11H14N2O5S/c1-17-11(14)9-2-3-12-10(8-9)19(15,16)13-4-6-18-7-5-13/h2-3,8H,4-7H2,1H3. The second kappa shape index (κ2) is 5.64. The molecule has 8 heteroatoms. The lowest BCUT2D eigenvalue weighted by Crippen LogP contribution is -2.40. The third-order valence-corrected chi connectivity index (χ3v) is 4.53. The van der Waals surface area contributed by atoms with Gasteiger partial charge < -0.3 is 9.47 Å². The lowest BCUT2D eigenvalue weighted by molar-refractivity contribution is 0.0600. The number of hydrogen-bond donors (Lipinski definition) is 0. The summed E-state index contributed by atoms with van der Waals surface area (Å²) >= 11 is 0. The number of esters is 1. The van der Waals surface area contributed by atoms with Crippen LogP contribution < -0.4 is 0 Å². The summed E-state index contributed by atoms with van der Waals surface area (Å²) < 4.78 is 35.6. The minimum absolute atomic E-state index is 0.155. The van der Waals surface area contributed by atoms with Crippen LogP contribution >= 0.6 is 0 Å². The zero-order chi connectivity index (χ0) is 13.9. The first-order valence-electron chi connectivity index (χ1n) is 5.68. The Labute approximate surface area is 111 Å². The predicted octanol–water partition coefficient (Wildman–Crippen LogP) is -0.111. The summed E-state index contributed by atoms with van der Waals surface area (Å²) in [5, 5.41) is -0.155. The fourth-order valence-corrected chi connectivity index (χ4v) is 3.08. The number of pyridine rings is 1. The normalized spacial score (nSPS) is 17.1. The number of methoxy groups -OCH3 is 1. The van der Waals surface area contributed by atoms with E-state index in [9.17, 15) is 13.2 Å². The van der Waals surface area contributed by atoms with Crippen LogP contribution in [0.2, 0.25) is 0 Å². The van der Waals surface area contributed by atoms with Gasteiger partial charge in [0.25, 0.3) is 10.0 Å². The van der Waals surface area contributed by atoms with Gasteiger partial charge in [-0.05, 0) is 12.1 Å². The molecule has 0 radical (unpaired) electrons. The molecule has 1 aromatic rings. The molecule has 1 aromatic heterocycles. The van der Waals surface area contributed by atoms with Crippen LogP contribution in [0.15, 0.2) is 23.4 Å². The second-order valence-corrected chi connectivity index (χ2v) is 5.78. The SMILES string of the molecule is COC(=O)c1ccnc(S(=O)(=O)N2CCOCC2)c1. The minimum Gasteiger partial charge on any atom is -0.465 e. The van der Waals surface area contributed by atoms with E-state index < -0.39 is 16.0 Å². The zero-order valence-corrected chi connectivity index (χ0v) is 11.2. The summed E-state index contributed by atoms with van der Waals surface area (Å²) in [4.78, 5) is 15.2. The van der Waals surface area contributed by atoms with E-state index in [1.165, 1.54) is 29.7 Å². The molecule has 19 heavy (non-hydrogen) atoms. The summed E-state index contributed by atoms with van der Waals surface area (Å²) in [6.07, 6.45) is 1.28. The monoisotopic (exact) mass is 286 g/mol. The van der Waals surface area contributed by atoms with Crippen molar-refractivity contribution < 1.29 is 22.7 Å². The number of aromatic nitrogens is 1. The Morgan fingerprint density at radius 2 is 2.11 bits per heavy atom. The molecule has 2 rings (SSSR count). The van der Waals surface area contributed by atoms with Gasteiger partial charge in [0.2, 0.25) is 0 Å². The van der Waals surface area contributed by atoms with Crippen molar-refractivity contribution in [1.82, 2.24) is 9.29 Å². The molecule has 0 atom stereocenters. The van der Waals surface area contributed by atoms with Crippen molar-refractivity contribution in [2.75, 3.05) is 33.4 Å². The maximum absolute atomic E-state index is 12.3. The molecule has 0 aromatic carbocycles. The van der Waals surface area contributed by atoms with E-state index in [0.717, 1.165) is 0 Å². The molecular weight excluding hydrogens is 272 g/mol. The molecular formula is C11H14N2O5S. The van der Waals surface area contributed by atoms with E-state index in [-0.39, 0.29) is 23.7 Å². The number of nitrogens with zero attached hydrogens (tertiary/aromatic N) is 2. The Hall–Kier alpha value is -1.51. The van der Waals surface area contributed by atoms with Gasteiger partial charge in [0, 0.05) is 19.3 Å². The Balaban J connectivity index is 2.32. The third-order valence-electron chi connectivity index (χ3n) is 2.73. The van der Waals surface area contributed by atoms with Crippen molar-refractivity contribution in [3.05, 3.63) is 23.9 Å². The Kier molecular flexibility index (Phi) is 4.13. The molecule has 0 bridgehead atoms. The molecule has 0 spiro atoms. The van der Waals surface area contributed by atoms with Crippen molar-refractivity contribution in [1.29, 1.82) is 0 Å². The molecule has 104 valence electrons. The number of sulfonamides is 1. The van der Waals surface area contributed by atoms with E-state index in [1.54, 1.807) is 0 Å². The van der Waals surface area contributed by atoms with Gasteiger partial charge in [0.15, 0.2) is 5.03 Å². The highest BCUT2D eigenvalue weighted by molar-refractivity contribution is 7.89. The van der Waals surface area contributed by atoms with Crippen LogP contribution in [0, 0.1) is 0 Å². The van der Waals surface area contributed by atoms with Crippen LogP contribution in [0.5, 0.6) is 0 Å². The van der Waals surface area contributed by atoms with Gasteiger partial charge >= 0.3 is 5.97 Å². The summed E-state index contributed by atoms with van der Waals surface area (Å²) in [5.74, 6) is -0.596. The Morgan fingerprint density at radius 3 is 2.74 bits per heavy atom. The quantitative estimate of drug-likeness (QED) is 0.721. The Morgan fingerprint density at radius 1 is 1.42 bits per heavy atom. The van der Waals surface area contributed by atoms with Crippen LogP contribution in [0.1, 0.15) is 10.4 Å². The first-order valence-corrected chi connectivity index (χ1v) is 7.12. The largest absolute Gasteiger partial charge is 0.465 e. The minimum atomic E-state index is -3.69. The maximum Gasteiger partial charge on any atom is 0.338 e. The van der Waals surface area contributed by atoms with E-state index in [4.69, 9.17) is 4.74 Å². The molecule has 1 fully saturated rings. The highest BCUT2D eigenvalue weighted by atomic mass is 32.2. The lowest BCUT2D eigenvalue weighted by atomic mass is 10.3. The summed E-state index contributed by atoms with van der Waals surface area (Å²) in [6, 6.07) is 2.63. The Bertz CT molecular complexity index is 566. The number of rotatable bonds is 3. The van der Waals surface area contributed by atoms with E-state index in [2.05, 4.69) is 9.72 Å². The fourth-order valence-electron chi connectivity index (χ4n) is 1.71. The maximum atomic E-state index is 12.3. The highest BCUT2D eigenvalue weighted by Gasteiger charge is 2.28.